The van der Waals surface area contributed by atoms with Crippen LogP contribution in [0.15, 0.2) is 24.3 Å². The van der Waals surface area contributed by atoms with Crippen LogP contribution in [0.5, 0.6) is 0 Å². The van der Waals surface area contributed by atoms with Crippen molar-refractivity contribution in [3.05, 3.63) is 34.9 Å². The highest BCUT2D eigenvalue weighted by Crippen LogP contribution is 2.38. The standard InChI is InChI=1S/C15H18ClNO3/c1-9-6-13(9)15(19)20-8-14(18)17-10(2)11-4-3-5-12(16)7-11/h3-5,7,9-10,13H,6,8H2,1-2H3,(H,17,18)/t9-,10+,13-/m0/s1. The van der Waals surface area contributed by atoms with E-state index in [4.69, 9.17) is 16.3 Å². The molecule has 4 nitrogen and oxygen atoms in total. The fourth-order valence-electron chi connectivity index (χ4n) is 2.04. The predicted molar refractivity (Wildman–Crippen MR) is 76.2 cm³/mol. The van der Waals surface area contributed by atoms with E-state index in [2.05, 4.69) is 5.32 Å². The minimum Gasteiger partial charge on any atom is -0.455 e. The number of esters is 1. The van der Waals surface area contributed by atoms with Gasteiger partial charge in [0.2, 0.25) is 0 Å². The summed E-state index contributed by atoms with van der Waals surface area (Å²) in [4.78, 5) is 23.2. The van der Waals surface area contributed by atoms with Crippen LogP contribution in [0.2, 0.25) is 5.02 Å². The van der Waals surface area contributed by atoms with Gasteiger partial charge in [-0.25, -0.2) is 0 Å². The zero-order valence-electron chi connectivity index (χ0n) is 11.6. The number of carbonyl (C=O) groups excluding carboxylic acids is 2. The average molecular weight is 296 g/mol. The second kappa shape index (κ2) is 6.27. The van der Waals surface area contributed by atoms with Crippen molar-refractivity contribution in [2.45, 2.75) is 26.3 Å². The molecule has 20 heavy (non-hydrogen) atoms. The van der Waals surface area contributed by atoms with Crippen LogP contribution in [-0.4, -0.2) is 18.5 Å². The average Bonchev–Trinajstić information content (AvgIpc) is 3.13. The van der Waals surface area contributed by atoms with Crippen molar-refractivity contribution in [3.8, 4) is 0 Å². The summed E-state index contributed by atoms with van der Waals surface area (Å²) in [5, 5.41) is 3.40. The maximum atomic E-state index is 11.7. The van der Waals surface area contributed by atoms with Gasteiger partial charge in [0.15, 0.2) is 6.61 Å². The molecule has 1 aliphatic carbocycles. The van der Waals surface area contributed by atoms with Crippen molar-refractivity contribution in [2.75, 3.05) is 6.61 Å². The molecule has 1 aromatic rings. The highest BCUT2D eigenvalue weighted by atomic mass is 35.5. The molecule has 1 fully saturated rings. The second-order valence-electron chi connectivity index (χ2n) is 5.27. The summed E-state index contributed by atoms with van der Waals surface area (Å²) in [6.07, 6.45) is 0.860. The van der Waals surface area contributed by atoms with Gasteiger partial charge in [0.1, 0.15) is 0 Å². The van der Waals surface area contributed by atoms with Crippen LogP contribution < -0.4 is 5.32 Å². The Kier molecular flexibility index (Phi) is 4.65. The highest BCUT2D eigenvalue weighted by molar-refractivity contribution is 6.30. The molecular formula is C15H18ClNO3. The number of hydrogen-bond donors (Lipinski definition) is 1. The number of hydrogen-bond acceptors (Lipinski definition) is 3. The van der Waals surface area contributed by atoms with E-state index in [1.165, 1.54) is 0 Å². The molecule has 1 saturated carbocycles. The Morgan fingerprint density at radius 1 is 1.50 bits per heavy atom. The van der Waals surface area contributed by atoms with Crippen molar-refractivity contribution in [3.63, 3.8) is 0 Å². The van der Waals surface area contributed by atoms with E-state index in [9.17, 15) is 9.59 Å². The summed E-state index contributed by atoms with van der Waals surface area (Å²) in [6.45, 7) is 3.62. The fourth-order valence-corrected chi connectivity index (χ4v) is 2.24. The molecule has 0 unspecified atom stereocenters. The number of ether oxygens (including phenoxy) is 1. The van der Waals surface area contributed by atoms with E-state index in [1.54, 1.807) is 12.1 Å². The van der Waals surface area contributed by atoms with E-state index >= 15 is 0 Å². The summed E-state index contributed by atoms with van der Waals surface area (Å²) >= 11 is 5.90. The zero-order valence-corrected chi connectivity index (χ0v) is 12.3. The first-order chi connectivity index (χ1) is 9.47. The van der Waals surface area contributed by atoms with Crippen molar-refractivity contribution in [1.82, 2.24) is 5.32 Å². The lowest BCUT2D eigenvalue weighted by Crippen LogP contribution is -2.31. The normalized spacial score (nSPS) is 21.9. The maximum Gasteiger partial charge on any atom is 0.309 e. The molecule has 108 valence electrons. The Balaban J connectivity index is 1.77. The Labute approximate surface area is 123 Å². The van der Waals surface area contributed by atoms with E-state index in [1.807, 2.05) is 26.0 Å². The molecule has 2 rings (SSSR count). The largest absolute Gasteiger partial charge is 0.455 e. The van der Waals surface area contributed by atoms with Gasteiger partial charge in [-0.3, -0.25) is 9.59 Å². The molecule has 0 heterocycles. The molecule has 1 aliphatic rings. The molecule has 0 bridgehead atoms. The molecule has 0 radical (unpaired) electrons. The third kappa shape index (κ3) is 3.97. The van der Waals surface area contributed by atoms with E-state index in [0.29, 0.717) is 10.9 Å². The van der Waals surface area contributed by atoms with Crippen LogP contribution in [0.25, 0.3) is 0 Å². The molecule has 1 amide bonds. The van der Waals surface area contributed by atoms with Gasteiger partial charge >= 0.3 is 5.97 Å². The van der Waals surface area contributed by atoms with Gasteiger partial charge < -0.3 is 10.1 Å². The molecule has 3 atom stereocenters. The first-order valence-corrected chi connectivity index (χ1v) is 7.06. The topological polar surface area (TPSA) is 55.4 Å². The number of halogens is 1. The van der Waals surface area contributed by atoms with Crippen LogP contribution in [0.4, 0.5) is 0 Å². The molecule has 1 N–H and O–H groups in total. The first kappa shape index (κ1) is 14.9. The lowest BCUT2D eigenvalue weighted by Gasteiger charge is -2.14. The third-order valence-electron chi connectivity index (χ3n) is 3.48. The van der Waals surface area contributed by atoms with Gasteiger partial charge in [0.25, 0.3) is 5.91 Å². The summed E-state index contributed by atoms with van der Waals surface area (Å²) in [5.41, 5.74) is 0.910. The Hall–Kier alpha value is -1.55. The summed E-state index contributed by atoms with van der Waals surface area (Å²) in [6, 6.07) is 7.10. The van der Waals surface area contributed by atoms with Crippen molar-refractivity contribution >= 4 is 23.5 Å². The first-order valence-electron chi connectivity index (χ1n) is 6.69. The van der Waals surface area contributed by atoms with Gasteiger partial charge in [-0.05, 0) is 37.0 Å². The molecule has 0 spiro atoms. The highest BCUT2D eigenvalue weighted by Gasteiger charge is 2.40. The van der Waals surface area contributed by atoms with Gasteiger partial charge in [0, 0.05) is 5.02 Å². The van der Waals surface area contributed by atoms with Crippen molar-refractivity contribution in [1.29, 1.82) is 0 Å². The SMILES string of the molecule is C[C@@H](NC(=O)COC(=O)[C@H]1C[C@@H]1C)c1cccc(Cl)c1. The molecule has 0 aromatic heterocycles. The minimum absolute atomic E-state index is 0.0202. The lowest BCUT2D eigenvalue weighted by molar-refractivity contribution is -0.150. The number of rotatable bonds is 5. The number of amides is 1. The van der Waals surface area contributed by atoms with Gasteiger partial charge in [-0.1, -0.05) is 30.7 Å². The summed E-state index contributed by atoms with van der Waals surface area (Å²) < 4.78 is 4.98. The van der Waals surface area contributed by atoms with Crippen LogP contribution >= 0.6 is 11.6 Å². The maximum absolute atomic E-state index is 11.7. The lowest BCUT2D eigenvalue weighted by atomic mass is 10.1. The van der Waals surface area contributed by atoms with Crippen LogP contribution in [0.1, 0.15) is 31.9 Å². The zero-order chi connectivity index (χ0) is 14.7. The smallest absolute Gasteiger partial charge is 0.309 e. The number of carbonyl (C=O) groups is 2. The number of benzene rings is 1. The Bertz CT molecular complexity index is 518. The quantitative estimate of drug-likeness (QED) is 0.850. The van der Waals surface area contributed by atoms with Crippen LogP contribution in [0, 0.1) is 11.8 Å². The Morgan fingerprint density at radius 3 is 2.80 bits per heavy atom. The monoisotopic (exact) mass is 295 g/mol. The van der Waals surface area contributed by atoms with Crippen LogP contribution in [0.3, 0.4) is 0 Å². The van der Waals surface area contributed by atoms with Gasteiger partial charge in [-0.2, -0.15) is 0 Å². The molecular weight excluding hydrogens is 278 g/mol. The van der Waals surface area contributed by atoms with Crippen molar-refractivity contribution < 1.29 is 14.3 Å². The molecule has 0 saturated heterocycles. The van der Waals surface area contributed by atoms with E-state index in [-0.39, 0.29) is 30.4 Å². The number of nitrogens with one attached hydrogen (secondary N) is 1. The summed E-state index contributed by atoms with van der Waals surface area (Å²) in [7, 11) is 0. The van der Waals surface area contributed by atoms with E-state index < -0.39 is 0 Å². The summed E-state index contributed by atoms with van der Waals surface area (Å²) in [5.74, 6) is -0.216. The van der Waals surface area contributed by atoms with Gasteiger partial charge in [0.05, 0.1) is 12.0 Å². The Morgan fingerprint density at radius 2 is 2.20 bits per heavy atom. The second-order valence-corrected chi connectivity index (χ2v) is 5.71. The third-order valence-corrected chi connectivity index (χ3v) is 3.72. The van der Waals surface area contributed by atoms with E-state index in [0.717, 1.165) is 12.0 Å². The predicted octanol–water partition coefficient (Wildman–Crippen LogP) is 2.72. The van der Waals surface area contributed by atoms with Crippen LogP contribution in [-0.2, 0) is 14.3 Å². The van der Waals surface area contributed by atoms with Crippen molar-refractivity contribution in [2.24, 2.45) is 11.8 Å². The fraction of sp³-hybridized carbons (Fsp3) is 0.467. The minimum atomic E-state index is -0.306. The molecule has 1 aromatic carbocycles. The molecule has 0 aliphatic heterocycles. The molecule has 5 heteroatoms. The van der Waals surface area contributed by atoms with Gasteiger partial charge in [-0.15, -0.1) is 0 Å².